The fourth-order valence-electron chi connectivity index (χ4n) is 6.01. The van der Waals surface area contributed by atoms with E-state index in [0.29, 0.717) is 43.8 Å². The Hall–Kier alpha value is -2.68. The molecule has 4 rings (SSSR count). The molecule has 0 spiro atoms. The zero-order valence-electron chi connectivity index (χ0n) is 21.9. The van der Waals surface area contributed by atoms with Gasteiger partial charge in [-0.25, -0.2) is 4.79 Å². The first-order valence-corrected chi connectivity index (χ1v) is 13.8. The van der Waals surface area contributed by atoms with Crippen LogP contribution in [0.3, 0.4) is 0 Å². The van der Waals surface area contributed by atoms with Crippen molar-refractivity contribution in [3.05, 3.63) is 10.6 Å². The van der Waals surface area contributed by atoms with E-state index in [-0.39, 0.29) is 47.2 Å². The molecule has 3 fully saturated rings. The summed E-state index contributed by atoms with van der Waals surface area (Å²) in [5.74, 6) is -3.06. The molecule has 4 heterocycles. The molecular formula is C24H37N7O6S. The maximum absolute atomic E-state index is 13.1. The summed E-state index contributed by atoms with van der Waals surface area (Å²) >= 11 is 1.41. The summed E-state index contributed by atoms with van der Waals surface area (Å²) in [5, 5.41) is 18.8. The molecule has 8 N–H and O–H groups in total. The number of hydrogen-bond acceptors (Lipinski definition) is 9. The normalized spacial score (nSPS) is 31.1. The number of nitrogens with zero attached hydrogens (tertiary/aromatic N) is 2. The number of carboxylic acid groups (broad SMARTS) is 1. The van der Waals surface area contributed by atoms with Gasteiger partial charge in [-0.3, -0.25) is 19.2 Å². The number of nitrogens with one attached hydrogen (secondary N) is 3. The number of aliphatic carboxylic acids is 1. The van der Waals surface area contributed by atoms with Crippen LogP contribution in [0.5, 0.6) is 0 Å². The molecule has 4 amide bonds. The van der Waals surface area contributed by atoms with Crippen LogP contribution in [0.25, 0.3) is 0 Å². The Kier molecular flexibility index (Phi) is 8.07. The topological polar surface area (TPSA) is 200 Å². The van der Waals surface area contributed by atoms with Crippen molar-refractivity contribution in [3.8, 4) is 0 Å². The molecule has 0 unspecified atom stereocenters. The lowest BCUT2D eigenvalue weighted by Crippen LogP contribution is -2.66. The lowest BCUT2D eigenvalue weighted by atomic mass is 9.78. The van der Waals surface area contributed by atoms with Gasteiger partial charge in [-0.05, 0) is 33.2 Å². The minimum Gasteiger partial charge on any atom is -0.477 e. The van der Waals surface area contributed by atoms with Crippen molar-refractivity contribution in [2.75, 3.05) is 33.2 Å². The van der Waals surface area contributed by atoms with E-state index < -0.39 is 35.4 Å². The van der Waals surface area contributed by atoms with Crippen molar-refractivity contribution in [1.29, 1.82) is 0 Å². The quantitative estimate of drug-likeness (QED) is 0.170. The summed E-state index contributed by atoms with van der Waals surface area (Å²) in [6, 6.07) is -1.21. The molecule has 4 aliphatic heterocycles. The van der Waals surface area contributed by atoms with E-state index in [0.717, 1.165) is 0 Å². The average Bonchev–Trinajstić information content (AvgIpc) is 3.41. The summed E-state index contributed by atoms with van der Waals surface area (Å²) < 4.78 is 0. The van der Waals surface area contributed by atoms with E-state index in [1.165, 1.54) is 16.7 Å². The summed E-state index contributed by atoms with van der Waals surface area (Å²) in [4.78, 5) is 65.7. The minimum atomic E-state index is -1.16. The Balaban J connectivity index is 1.39. The van der Waals surface area contributed by atoms with E-state index >= 15 is 0 Å². The summed E-state index contributed by atoms with van der Waals surface area (Å²) in [5.41, 5.74) is 10.4. The van der Waals surface area contributed by atoms with Crippen molar-refractivity contribution < 1.29 is 29.1 Å². The Labute approximate surface area is 225 Å². The van der Waals surface area contributed by atoms with Gasteiger partial charge in [0.25, 0.3) is 0 Å². The second-order valence-corrected chi connectivity index (χ2v) is 12.0. The Morgan fingerprint density at radius 3 is 2.50 bits per heavy atom. The molecule has 0 radical (unpaired) electrons. The number of rotatable bonds is 9. The van der Waals surface area contributed by atoms with Gasteiger partial charge in [0.1, 0.15) is 5.70 Å². The van der Waals surface area contributed by atoms with Crippen molar-refractivity contribution in [3.63, 3.8) is 0 Å². The fraction of sp³-hybridized carbons (Fsp3) is 0.708. The monoisotopic (exact) mass is 551 g/mol. The molecule has 13 nitrogen and oxygen atoms in total. The molecule has 0 saturated carbocycles. The number of hydrogen-bond donors (Lipinski definition) is 6. The number of piperidine rings is 1. The van der Waals surface area contributed by atoms with Crippen molar-refractivity contribution in [2.24, 2.45) is 23.3 Å². The number of likely N-dealkylation sites (tertiary alicyclic amines) is 1. The van der Waals surface area contributed by atoms with Gasteiger partial charge in [0.15, 0.2) is 0 Å². The molecule has 0 aromatic rings. The van der Waals surface area contributed by atoms with E-state index in [9.17, 15) is 29.1 Å². The highest BCUT2D eigenvalue weighted by Gasteiger charge is 2.60. The molecule has 4 aliphatic rings. The van der Waals surface area contributed by atoms with Gasteiger partial charge in [0, 0.05) is 41.7 Å². The van der Waals surface area contributed by atoms with E-state index in [1.807, 2.05) is 6.92 Å². The maximum Gasteiger partial charge on any atom is 0.353 e. The number of primary amides is 1. The highest BCUT2D eigenvalue weighted by atomic mass is 32.2. The van der Waals surface area contributed by atoms with Gasteiger partial charge >= 0.3 is 5.97 Å². The summed E-state index contributed by atoms with van der Waals surface area (Å²) in [6.45, 7) is 5.01. The predicted molar refractivity (Wildman–Crippen MR) is 139 cm³/mol. The molecule has 0 bridgehead atoms. The Morgan fingerprint density at radius 1 is 1.26 bits per heavy atom. The predicted octanol–water partition coefficient (Wildman–Crippen LogP) is -2.25. The second kappa shape index (κ2) is 10.8. The van der Waals surface area contributed by atoms with Crippen LogP contribution in [0.4, 0.5) is 0 Å². The van der Waals surface area contributed by atoms with Gasteiger partial charge in [0.05, 0.1) is 30.1 Å². The molecule has 6 atom stereocenters. The minimum absolute atomic E-state index is 0.000884. The van der Waals surface area contributed by atoms with Crippen LogP contribution < -0.4 is 27.4 Å². The highest BCUT2D eigenvalue weighted by Crippen LogP contribution is 2.51. The standard InChI is InChI=1S/C24H37N7O6S/c1-11-17-16(12(2)29-15(32)10-27-3)21(34)31(17)18(22(35)36)19(11)38-13-8-14(28-9-13)20(33)30-6-4-24(26,5-7-30)23(25)37/h11-14,16-17,27-28H,4-10,26H2,1-3H3,(H2,25,37)(H,29,32)(H,35,36)/t11-,12-,13+,14+,16-,17-/m1/s1. The molecule has 0 aliphatic carbocycles. The number of amides is 4. The third-order valence-electron chi connectivity index (χ3n) is 8.20. The zero-order valence-corrected chi connectivity index (χ0v) is 22.7. The van der Waals surface area contributed by atoms with Crippen molar-refractivity contribution in [1.82, 2.24) is 25.8 Å². The SMILES string of the molecule is CNCC(=O)N[C@H](C)[C@H]1C(=O)N2C(C(=O)O)=C(S[C@@H]3CN[C@H](C(=O)N4CCC(N)(C(N)=O)CC4)C3)[C@H](C)[C@H]12. The second-order valence-electron chi connectivity index (χ2n) is 10.7. The fourth-order valence-corrected chi connectivity index (χ4v) is 7.48. The van der Waals surface area contributed by atoms with Crippen molar-refractivity contribution in [2.45, 2.75) is 62.0 Å². The van der Waals surface area contributed by atoms with Gasteiger partial charge < -0.3 is 42.3 Å². The van der Waals surface area contributed by atoms with Crippen LogP contribution in [0.1, 0.15) is 33.1 Å². The third-order valence-corrected chi connectivity index (χ3v) is 9.71. The number of β-lactam (4-membered cyclic amide) rings is 1. The highest BCUT2D eigenvalue weighted by molar-refractivity contribution is 8.03. The summed E-state index contributed by atoms with van der Waals surface area (Å²) in [6.07, 6.45) is 1.13. The molecule has 210 valence electrons. The molecule has 14 heteroatoms. The van der Waals surface area contributed by atoms with Crippen molar-refractivity contribution >= 4 is 41.4 Å². The lowest BCUT2D eigenvalue weighted by molar-refractivity contribution is -0.158. The number of carbonyl (C=O) groups excluding carboxylic acids is 4. The number of carboxylic acids is 1. The van der Waals surface area contributed by atoms with Gasteiger partial charge in [-0.1, -0.05) is 6.92 Å². The molecule has 38 heavy (non-hydrogen) atoms. The molecule has 0 aromatic heterocycles. The Bertz CT molecular complexity index is 1060. The van der Waals surface area contributed by atoms with Gasteiger partial charge in [-0.2, -0.15) is 0 Å². The smallest absolute Gasteiger partial charge is 0.353 e. The van der Waals surface area contributed by atoms with Gasteiger partial charge in [0.2, 0.25) is 23.6 Å². The Morgan fingerprint density at radius 2 is 1.92 bits per heavy atom. The van der Waals surface area contributed by atoms with E-state index in [2.05, 4.69) is 16.0 Å². The number of thioether (sulfide) groups is 1. The summed E-state index contributed by atoms with van der Waals surface area (Å²) in [7, 11) is 1.66. The van der Waals surface area contributed by atoms with Crippen LogP contribution in [-0.4, -0.2) is 107 Å². The molecule has 0 aromatic carbocycles. The first-order chi connectivity index (χ1) is 17.9. The first-order valence-electron chi connectivity index (χ1n) is 12.9. The van der Waals surface area contributed by atoms with Gasteiger partial charge in [-0.15, -0.1) is 11.8 Å². The lowest BCUT2D eigenvalue weighted by Gasteiger charge is -2.47. The first kappa shape index (κ1) is 28.3. The number of likely N-dealkylation sites (N-methyl/N-ethyl adjacent to an activating group) is 1. The van der Waals surface area contributed by atoms with Crippen LogP contribution in [-0.2, 0) is 24.0 Å². The zero-order chi connectivity index (χ0) is 27.9. The number of nitrogens with two attached hydrogens (primary N) is 2. The average molecular weight is 552 g/mol. The van der Waals surface area contributed by atoms with E-state index in [4.69, 9.17) is 11.5 Å². The van der Waals surface area contributed by atoms with E-state index in [1.54, 1.807) is 18.9 Å². The van der Waals surface area contributed by atoms with Crippen LogP contribution in [0.2, 0.25) is 0 Å². The molecule has 3 saturated heterocycles. The van der Waals surface area contributed by atoms with Crippen LogP contribution in [0.15, 0.2) is 10.6 Å². The number of carbonyl (C=O) groups is 5. The largest absolute Gasteiger partial charge is 0.477 e. The van der Waals surface area contributed by atoms with Crippen LogP contribution >= 0.6 is 11.8 Å². The third kappa shape index (κ3) is 5.01. The maximum atomic E-state index is 13.1. The molecular weight excluding hydrogens is 514 g/mol. The number of fused-ring (bicyclic) bond motifs is 1. The van der Waals surface area contributed by atoms with Crippen LogP contribution in [0, 0.1) is 11.8 Å².